The lowest BCUT2D eigenvalue weighted by Gasteiger charge is -2.11. The van der Waals surface area contributed by atoms with Crippen LogP contribution in [0.2, 0.25) is 0 Å². The van der Waals surface area contributed by atoms with Crippen molar-refractivity contribution in [1.82, 2.24) is 0 Å². The molecule has 0 bridgehead atoms. The van der Waals surface area contributed by atoms with E-state index >= 15 is 0 Å². The molecule has 17 nitrogen and oxygen atoms in total. The van der Waals surface area contributed by atoms with Crippen LogP contribution in [0.3, 0.4) is 0 Å². The van der Waals surface area contributed by atoms with Gasteiger partial charge in [-0.15, -0.1) is 20.5 Å². The van der Waals surface area contributed by atoms with Gasteiger partial charge in [-0.2, -0.15) is 16.8 Å². The molecule has 3 rings (SSSR count). The molecule has 0 saturated carbocycles. The highest BCUT2D eigenvalue weighted by molar-refractivity contribution is 7.86. The summed E-state index contributed by atoms with van der Waals surface area (Å²) >= 11 is 0. The second-order valence-electron chi connectivity index (χ2n) is 7.97. The van der Waals surface area contributed by atoms with Gasteiger partial charge in [0.15, 0.2) is 0 Å². The van der Waals surface area contributed by atoms with Crippen molar-refractivity contribution in [2.45, 2.75) is 16.7 Å². The molecule has 19 heteroatoms. The third-order valence-electron chi connectivity index (χ3n) is 4.92. The Morgan fingerprint density at radius 1 is 0.780 bits per heavy atom. The molecule has 0 unspecified atom stereocenters. The van der Waals surface area contributed by atoms with E-state index in [2.05, 4.69) is 31.1 Å². The number of primary amides is 1. The summed E-state index contributed by atoms with van der Waals surface area (Å²) < 4.78 is 70.7. The van der Waals surface area contributed by atoms with Crippen molar-refractivity contribution in [2.24, 2.45) is 26.2 Å². The molecule has 3 amide bonds. The fraction of sp³-hybridized carbons (Fsp3) is 0.0909. The van der Waals surface area contributed by atoms with E-state index in [4.69, 9.17) is 16.2 Å². The minimum absolute atomic E-state index is 0.0110. The van der Waals surface area contributed by atoms with Crippen molar-refractivity contribution < 1.29 is 40.3 Å². The summed E-state index contributed by atoms with van der Waals surface area (Å²) in [6.07, 6.45) is 0. The summed E-state index contributed by atoms with van der Waals surface area (Å²) in [6.45, 7) is 1.19. The highest BCUT2D eigenvalue weighted by atomic mass is 32.2. The lowest BCUT2D eigenvalue weighted by Crippen LogP contribution is -2.19. The van der Waals surface area contributed by atoms with Crippen LogP contribution < -0.4 is 26.8 Å². The Hall–Kier alpha value is -4.98. The largest absolute Gasteiger partial charge is 0.494 e. The van der Waals surface area contributed by atoms with E-state index in [1.165, 1.54) is 44.4 Å². The molecule has 0 atom stereocenters. The van der Waals surface area contributed by atoms with Crippen molar-refractivity contribution in [3.8, 4) is 5.75 Å². The number of anilines is 3. The molecule has 0 aliphatic rings. The number of benzene rings is 3. The van der Waals surface area contributed by atoms with Crippen molar-refractivity contribution in [3.63, 3.8) is 0 Å². The van der Waals surface area contributed by atoms with E-state index in [-0.39, 0.29) is 34.2 Å². The number of amides is 3. The van der Waals surface area contributed by atoms with Gasteiger partial charge in [0.25, 0.3) is 20.2 Å². The number of urea groups is 1. The molecule has 0 aliphatic heterocycles. The van der Waals surface area contributed by atoms with Crippen LogP contribution in [0, 0.1) is 0 Å². The standard InChI is InChI=1S/C22H22N8O9S2/c1-11(31)25-16-9-18(29-27-14-5-3-12(23)7-15(14)26-22(24)32)20(39-2)10-17(16)28-30-19-8-13(40(33,34)35)4-6-21(19)41(36,37)38/h3-10H,23H2,1-2H3,(H,25,31)(H3,24,26,32)(H,33,34,35)(H,36,37,38). The van der Waals surface area contributed by atoms with E-state index in [1.807, 2.05) is 0 Å². The number of nitrogen functional groups attached to an aromatic ring is 1. The molecular formula is C22H22N8O9S2. The van der Waals surface area contributed by atoms with Crippen LogP contribution in [0.4, 0.5) is 44.6 Å². The first-order chi connectivity index (χ1) is 19.1. The van der Waals surface area contributed by atoms with Gasteiger partial charge < -0.3 is 26.8 Å². The number of nitrogens with zero attached hydrogens (tertiary/aromatic N) is 4. The van der Waals surface area contributed by atoms with Crippen molar-refractivity contribution in [3.05, 3.63) is 48.5 Å². The van der Waals surface area contributed by atoms with Crippen LogP contribution in [0.25, 0.3) is 0 Å². The molecule has 8 N–H and O–H groups in total. The lowest BCUT2D eigenvalue weighted by molar-refractivity contribution is -0.114. The van der Waals surface area contributed by atoms with Crippen LogP contribution in [-0.2, 0) is 25.0 Å². The minimum Gasteiger partial charge on any atom is -0.494 e. The number of carbonyl (C=O) groups excluding carboxylic acids is 2. The summed E-state index contributed by atoms with van der Waals surface area (Å²) in [7, 11) is -8.38. The van der Waals surface area contributed by atoms with Crippen molar-refractivity contribution in [1.29, 1.82) is 0 Å². The van der Waals surface area contributed by atoms with Crippen molar-refractivity contribution >= 4 is 72.0 Å². The van der Waals surface area contributed by atoms with Crippen LogP contribution in [0.15, 0.2) is 78.8 Å². The zero-order chi connectivity index (χ0) is 30.5. The van der Waals surface area contributed by atoms with Crippen LogP contribution >= 0.6 is 0 Å². The predicted octanol–water partition coefficient (Wildman–Crippen LogP) is 4.05. The van der Waals surface area contributed by atoms with Crippen LogP contribution in [0.5, 0.6) is 5.75 Å². The molecular weight excluding hydrogens is 584 g/mol. The minimum atomic E-state index is -4.89. The molecule has 3 aromatic carbocycles. The summed E-state index contributed by atoms with van der Waals surface area (Å²) in [5, 5.41) is 20.6. The summed E-state index contributed by atoms with van der Waals surface area (Å²) in [5.41, 5.74) is 10.9. The Morgan fingerprint density at radius 3 is 1.98 bits per heavy atom. The molecule has 0 heterocycles. The van der Waals surface area contributed by atoms with Crippen LogP contribution in [0.1, 0.15) is 6.92 Å². The maximum Gasteiger partial charge on any atom is 0.316 e. The fourth-order valence-corrected chi connectivity index (χ4v) is 4.32. The third kappa shape index (κ3) is 8.02. The van der Waals surface area contributed by atoms with Gasteiger partial charge >= 0.3 is 6.03 Å². The molecule has 0 fully saturated rings. The van der Waals surface area contributed by atoms with Gasteiger partial charge in [-0.3, -0.25) is 13.9 Å². The van der Waals surface area contributed by atoms with Gasteiger partial charge in [0.05, 0.1) is 23.4 Å². The molecule has 0 aliphatic carbocycles. The SMILES string of the molecule is COc1cc(N=Nc2cc(S(=O)(=O)O)ccc2S(=O)(=O)O)c(NC(C)=O)cc1N=Nc1ccc(N)cc1NC(N)=O. The zero-order valence-electron chi connectivity index (χ0n) is 21.1. The normalized spacial score (nSPS) is 12.0. The number of rotatable bonds is 9. The van der Waals surface area contributed by atoms with E-state index in [9.17, 15) is 35.5 Å². The first kappa shape index (κ1) is 30.6. The number of nitrogens with one attached hydrogen (secondary N) is 2. The summed E-state index contributed by atoms with van der Waals surface area (Å²) in [4.78, 5) is 21.7. The maximum absolute atomic E-state index is 11.9. The molecule has 0 saturated heterocycles. The Bertz CT molecular complexity index is 1810. The Kier molecular flexibility index (Phi) is 8.97. The van der Waals surface area contributed by atoms with E-state index in [0.29, 0.717) is 17.8 Å². The van der Waals surface area contributed by atoms with Crippen LogP contribution in [-0.4, -0.2) is 45.0 Å². The first-order valence-corrected chi connectivity index (χ1v) is 13.8. The number of nitrogens with two attached hydrogens (primary N) is 2. The quantitative estimate of drug-likeness (QED) is 0.115. The molecule has 0 radical (unpaired) electrons. The predicted molar refractivity (Wildman–Crippen MR) is 146 cm³/mol. The zero-order valence-corrected chi connectivity index (χ0v) is 22.8. The van der Waals surface area contributed by atoms with Gasteiger partial charge in [-0.1, -0.05) is 0 Å². The number of hydrogen-bond acceptors (Lipinski definition) is 12. The van der Waals surface area contributed by atoms with Gasteiger partial charge in [-0.25, -0.2) is 4.79 Å². The fourth-order valence-electron chi connectivity index (χ4n) is 3.21. The van der Waals surface area contributed by atoms with Gasteiger partial charge in [0, 0.05) is 18.7 Å². The monoisotopic (exact) mass is 606 g/mol. The molecule has 216 valence electrons. The maximum atomic E-state index is 11.9. The van der Waals surface area contributed by atoms with Gasteiger partial charge in [0.1, 0.15) is 33.4 Å². The Labute approximate surface area is 232 Å². The van der Waals surface area contributed by atoms with Crippen molar-refractivity contribution in [2.75, 3.05) is 23.5 Å². The Morgan fingerprint density at radius 2 is 1.39 bits per heavy atom. The lowest BCUT2D eigenvalue weighted by atomic mass is 10.2. The third-order valence-corrected chi connectivity index (χ3v) is 6.67. The molecule has 41 heavy (non-hydrogen) atoms. The van der Waals surface area contributed by atoms with E-state index < -0.39 is 47.7 Å². The van der Waals surface area contributed by atoms with Gasteiger partial charge in [0.2, 0.25) is 5.91 Å². The highest BCUT2D eigenvalue weighted by Gasteiger charge is 2.20. The average molecular weight is 607 g/mol. The van der Waals surface area contributed by atoms with E-state index in [1.54, 1.807) is 0 Å². The molecule has 0 aromatic heterocycles. The van der Waals surface area contributed by atoms with E-state index in [0.717, 1.165) is 6.07 Å². The average Bonchev–Trinajstić information content (AvgIpc) is 2.85. The smallest absolute Gasteiger partial charge is 0.316 e. The van der Waals surface area contributed by atoms with Gasteiger partial charge in [-0.05, 0) is 42.5 Å². The number of methoxy groups -OCH3 is 1. The number of ether oxygens (including phenoxy) is 1. The molecule has 3 aromatic rings. The topological polar surface area (TPSA) is 278 Å². The number of azo groups is 2. The Balaban J connectivity index is 2.14. The second-order valence-corrected chi connectivity index (χ2v) is 10.8. The summed E-state index contributed by atoms with van der Waals surface area (Å²) in [6, 6.07) is 8.15. The number of carbonyl (C=O) groups is 2. The highest BCUT2D eigenvalue weighted by Crippen LogP contribution is 2.41. The molecule has 0 spiro atoms. The number of hydrogen-bond donors (Lipinski definition) is 6. The first-order valence-electron chi connectivity index (χ1n) is 11.0. The summed E-state index contributed by atoms with van der Waals surface area (Å²) in [5.74, 6) is -0.508. The second kappa shape index (κ2) is 12.0.